The summed E-state index contributed by atoms with van der Waals surface area (Å²) in [6.07, 6.45) is 1.66. The molecule has 4 aromatic rings. The lowest BCUT2D eigenvalue weighted by atomic mass is 9.70. The minimum atomic E-state index is -0.586. The summed E-state index contributed by atoms with van der Waals surface area (Å²) in [5.74, 6) is 1.50. The van der Waals surface area contributed by atoms with Crippen molar-refractivity contribution in [1.29, 1.82) is 5.26 Å². The molecule has 0 bridgehead atoms. The first-order valence-electron chi connectivity index (χ1n) is 12.3. The molecule has 0 aliphatic carbocycles. The highest BCUT2D eigenvalue weighted by molar-refractivity contribution is 6.08. The molecule has 0 saturated heterocycles. The molecule has 0 radical (unpaired) electrons. The van der Waals surface area contributed by atoms with Gasteiger partial charge in [0.1, 0.15) is 0 Å². The molecule has 0 aliphatic rings. The monoisotopic (exact) mass is 502 g/mol. The lowest BCUT2D eigenvalue weighted by molar-refractivity contribution is 0.341. The first-order valence-corrected chi connectivity index (χ1v) is 12.3. The highest BCUT2D eigenvalue weighted by atomic mass is 35.5. The van der Waals surface area contributed by atoms with Crippen LogP contribution in [0, 0.1) is 17.2 Å². The van der Waals surface area contributed by atoms with Crippen molar-refractivity contribution in [2.45, 2.75) is 38.6 Å². The number of hydrogen-bond acceptors (Lipinski definition) is 4. The maximum absolute atomic E-state index is 10.3. The van der Waals surface area contributed by atoms with E-state index in [9.17, 15) is 5.26 Å². The molecule has 4 nitrogen and oxygen atoms in total. The Morgan fingerprint density at radius 1 is 0.861 bits per heavy atom. The number of fused-ring (bicyclic) bond motifs is 3. The van der Waals surface area contributed by atoms with Gasteiger partial charge in [-0.05, 0) is 76.2 Å². The summed E-state index contributed by atoms with van der Waals surface area (Å²) in [5, 5.41) is 19.1. The van der Waals surface area contributed by atoms with Crippen LogP contribution in [-0.2, 0) is 12.0 Å². The Balaban J connectivity index is 0.00000361. The van der Waals surface area contributed by atoms with E-state index in [1.165, 1.54) is 27.1 Å². The number of methoxy groups -OCH3 is 2. The van der Waals surface area contributed by atoms with Crippen molar-refractivity contribution < 1.29 is 9.47 Å². The fourth-order valence-corrected chi connectivity index (χ4v) is 5.12. The van der Waals surface area contributed by atoms with Crippen LogP contribution in [0.4, 0.5) is 0 Å². The van der Waals surface area contributed by atoms with E-state index in [1.807, 2.05) is 18.2 Å². The second-order valence-electron chi connectivity index (χ2n) is 9.39. The molecule has 4 aromatic carbocycles. The van der Waals surface area contributed by atoms with Gasteiger partial charge in [-0.2, -0.15) is 5.26 Å². The van der Waals surface area contributed by atoms with Crippen LogP contribution in [0.5, 0.6) is 11.5 Å². The minimum absolute atomic E-state index is 0. The highest BCUT2D eigenvalue weighted by Gasteiger charge is 2.36. The normalized spacial score (nSPS) is 12.7. The van der Waals surface area contributed by atoms with Crippen LogP contribution in [0.25, 0.3) is 21.5 Å². The van der Waals surface area contributed by atoms with Gasteiger partial charge in [-0.15, -0.1) is 12.4 Å². The van der Waals surface area contributed by atoms with Crippen molar-refractivity contribution in [3.05, 3.63) is 83.9 Å². The van der Waals surface area contributed by atoms with Gasteiger partial charge in [0.05, 0.1) is 25.7 Å². The highest BCUT2D eigenvalue weighted by Crippen LogP contribution is 2.40. The van der Waals surface area contributed by atoms with Crippen molar-refractivity contribution in [2.75, 3.05) is 20.8 Å². The molecule has 0 fully saturated rings. The third-order valence-electron chi connectivity index (χ3n) is 7.18. The molecule has 0 saturated carbocycles. The van der Waals surface area contributed by atoms with Crippen LogP contribution in [0.2, 0.25) is 0 Å². The Kier molecular flexibility index (Phi) is 9.20. The second-order valence-corrected chi connectivity index (χ2v) is 9.39. The van der Waals surface area contributed by atoms with E-state index in [4.69, 9.17) is 9.47 Å². The summed E-state index contributed by atoms with van der Waals surface area (Å²) >= 11 is 0. The largest absolute Gasteiger partial charge is 0.493 e. The molecule has 5 heteroatoms. The van der Waals surface area contributed by atoms with Crippen molar-refractivity contribution in [3.8, 4) is 17.6 Å². The summed E-state index contributed by atoms with van der Waals surface area (Å²) in [6, 6.07) is 28.0. The van der Waals surface area contributed by atoms with Gasteiger partial charge < -0.3 is 14.8 Å². The Morgan fingerprint density at radius 2 is 1.53 bits per heavy atom. The topological polar surface area (TPSA) is 54.3 Å². The standard InChI is InChI=1S/C31H34N2O2.ClH/c1-22(2)31(21-32,25-14-15-29(34-3)30(19-25)35-4)16-9-17-33-20-24-18-23-10-5-6-11-26(23)28-13-8-7-12-27(24)28;/h5-8,10-15,18-19,22,33H,9,16-17,20H2,1-4H3;1H. The zero-order chi connectivity index (χ0) is 24.8. The predicted octanol–water partition coefficient (Wildman–Crippen LogP) is 7.42. The average Bonchev–Trinajstić information content (AvgIpc) is 2.90. The Labute approximate surface area is 220 Å². The van der Waals surface area contributed by atoms with E-state index in [0.717, 1.165) is 31.5 Å². The number of nitriles is 1. The number of benzene rings is 4. The molecule has 0 aliphatic heterocycles. The number of ether oxygens (including phenoxy) is 2. The van der Waals surface area contributed by atoms with Crippen LogP contribution in [0.3, 0.4) is 0 Å². The molecule has 1 atom stereocenters. The minimum Gasteiger partial charge on any atom is -0.493 e. The number of halogens is 1. The summed E-state index contributed by atoms with van der Waals surface area (Å²) < 4.78 is 10.9. The summed E-state index contributed by atoms with van der Waals surface area (Å²) in [5.41, 5.74) is 1.69. The van der Waals surface area contributed by atoms with Gasteiger partial charge in [0.25, 0.3) is 0 Å². The molecular formula is C31H35ClN2O2. The molecule has 0 amide bonds. The third-order valence-corrected chi connectivity index (χ3v) is 7.18. The van der Waals surface area contributed by atoms with Crippen molar-refractivity contribution in [3.63, 3.8) is 0 Å². The lowest BCUT2D eigenvalue weighted by Crippen LogP contribution is -2.32. The van der Waals surface area contributed by atoms with Gasteiger partial charge in [0.15, 0.2) is 11.5 Å². The number of rotatable bonds is 10. The maximum atomic E-state index is 10.3. The smallest absolute Gasteiger partial charge is 0.161 e. The van der Waals surface area contributed by atoms with E-state index in [0.29, 0.717) is 11.5 Å². The molecule has 4 rings (SSSR count). The van der Waals surface area contributed by atoms with Crippen molar-refractivity contribution in [1.82, 2.24) is 5.32 Å². The SMILES string of the molecule is COc1ccc(C(C#N)(CCCNCc2cc3ccccc3c3ccccc23)C(C)C)cc1OC.Cl. The van der Waals surface area contributed by atoms with Gasteiger partial charge in [0.2, 0.25) is 0 Å². The summed E-state index contributed by atoms with van der Waals surface area (Å²) in [7, 11) is 3.26. The van der Waals surface area contributed by atoms with Crippen LogP contribution in [0.15, 0.2) is 72.8 Å². The molecule has 0 heterocycles. The lowest BCUT2D eigenvalue weighted by Gasteiger charge is -2.32. The van der Waals surface area contributed by atoms with Crippen LogP contribution >= 0.6 is 12.4 Å². The Bertz CT molecular complexity index is 1360. The molecule has 188 valence electrons. The Morgan fingerprint density at radius 3 is 2.19 bits per heavy atom. The first-order chi connectivity index (χ1) is 17.0. The van der Waals surface area contributed by atoms with Crippen LogP contribution < -0.4 is 14.8 Å². The van der Waals surface area contributed by atoms with Crippen molar-refractivity contribution in [2.24, 2.45) is 5.92 Å². The summed E-state index contributed by atoms with van der Waals surface area (Å²) in [6.45, 7) is 5.87. The molecular weight excluding hydrogens is 468 g/mol. The number of hydrogen-bond donors (Lipinski definition) is 1. The molecule has 0 spiro atoms. The van der Waals surface area contributed by atoms with Gasteiger partial charge in [0, 0.05) is 6.54 Å². The average molecular weight is 503 g/mol. The first kappa shape index (κ1) is 27.3. The van der Waals surface area contributed by atoms with E-state index >= 15 is 0 Å². The fraction of sp³-hybridized carbons (Fsp3) is 0.323. The number of nitrogens with zero attached hydrogens (tertiary/aromatic N) is 1. The van der Waals surface area contributed by atoms with Crippen LogP contribution in [0.1, 0.15) is 37.8 Å². The van der Waals surface area contributed by atoms with Gasteiger partial charge in [-0.3, -0.25) is 0 Å². The van der Waals surface area contributed by atoms with Crippen molar-refractivity contribution >= 4 is 34.0 Å². The fourth-order valence-electron chi connectivity index (χ4n) is 5.12. The van der Waals surface area contributed by atoms with E-state index in [2.05, 4.69) is 79.8 Å². The predicted molar refractivity (Wildman–Crippen MR) is 151 cm³/mol. The molecule has 1 unspecified atom stereocenters. The molecule has 1 N–H and O–H groups in total. The van der Waals surface area contributed by atoms with Crippen LogP contribution in [-0.4, -0.2) is 20.8 Å². The Hall–Kier alpha value is -3.26. The van der Waals surface area contributed by atoms with E-state index < -0.39 is 5.41 Å². The third kappa shape index (κ3) is 5.28. The maximum Gasteiger partial charge on any atom is 0.161 e. The molecule has 36 heavy (non-hydrogen) atoms. The zero-order valence-electron chi connectivity index (χ0n) is 21.5. The molecule has 0 aromatic heterocycles. The summed E-state index contributed by atoms with van der Waals surface area (Å²) in [4.78, 5) is 0. The van der Waals surface area contributed by atoms with Gasteiger partial charge in [-0.1, -0.05) is 68.4 Å². The zero-order valence-corrected chi connectivity index (χ0v) is 22.3. The second kappa shape index (κ2) is 12.1. The quantitative estimate of drug-likeness (QED) is 0.181. The van der Waals surface area contributed by atoms with Gasteiger partial charge in [-0.25, -0.2) is 0 Å². The van der Waals surface area contributed by atoms with E-state index in [1.54, 1.807) is 14.2 Å². The van der Waals surface area contributed by atoms with E-state index in [-0.39, 0.29) is 18.3 Å². The number of nitrogens with one attached hydrogen (secondary N) is 1. The van der Waals surface area contributed by atoms with Gasteiger partial charge >= 0.3 is 0 Å².